The van der Waals surface area contributed by atoms with Crippen molar-refractivity contribution in [1.29, 1.82) is 0 Å². The van der Waals surface area contributed by atoms with Gasteiger partial charge in [0.15, 0.2) is 8.32 Å². The molecule has 0 spiro atoms. The maximum Gasteiger partial charge on any atom is 0.344 e. The van der Waals surface area contributed by atoms with Gasteiger partial charge in [0.1, 0.15) is 6.29 Å². The Hall–Kier alpha value is 0.177. The summed E-state index contributed by atoms with van der Waals surface area (Å²) >= 11 is 0. The Balaban J connectivity index is 5.57. The molecule has 1 atom stereocenters. The molecule has 0 aromatic carbocycles. The molecule has 0 aromatic rings. The summed E-state index contributed by atoms with van der Waals surface area (Å²) in [5, 5.41) is 0. The maximum absolute atomic E-state index is 13.1. The van der Waals surface area contributed by atoms with Gasteiger partial charge in [-0.05, 0) is 47.3 Å². The number of nitrogens with zero attached hydrogens (tertiary/aromatic N) is 1. The summed E-state index contributed by atoms with van der Waals surface area (Å²) in [5.41, 5.74) is 0. The van der Waals surface area contributed by atoms with Gasteiger partial charge in [0, 0.05) is 13.1 Å². The van der Waals surface area contributed by atoms with E-state index in [-0.39, 0.29) is 38.9 Å². The van der Waals surface area contributed by atoms with Gasteiger partial charge in [0.05, 0.1) is 38.7 Å². The molecule has 0 aliphatic carbocycles. The Morgan fingerprint density at radius 1 is 0.897 bits per heavy atom. The van der Waals surface area contributed by atoms with Gasteiger partial charge in [-0.1, -0.05) is 6.08 Å². The highest BCUT2D eigenvalue weighted by Gasteiger charge is 2.35. The highest BCUT2D eigenvalue weighted by molar-refractivity contribution is 7.54. The van der Waals surface area contributed by atoms with E-state index in [0.29, 0.717) is 13.1 Å². The third-order valence-corrected chi connectivity index (χ3v) is 8.72. The Kier molecular flexibility index (Phi) is 14.4. The van der Waals surface area contributed by atoms with Gasteiger partial charge in [-0.2, -0.15) is 0 Å². The van der Waals surface area contributed by atoms with Crippen molar-refractivity contribution >= 4 is 23.5 Å². The van der Waals surface area contributed by atoms with E-state index in [9.17, 15) is 9.13 Å². The Labute approximate surface area is 178 Å². The monoisotopic (exact) mass is 473 g/mol. The van der Waals surface area contributed by atoms with E-state index in [1.807, 2.05) is 4.90 Å². The predicted octanol–water partition coefficient (Wildman–Crippen LogP) is 5.18. The van der Waals surface area contributed by atoms with Gasteiger partial charge in [-0.3, -0.25) is 14.0 Å². The van der Waals surface area contributed by atoms with Crippen LogP contribution < -0.4 is 0 Å². The summed E-state index contributed by atoms with van der Waals surface area (Å²) < 4.78 is 54.2. The van der Waals surface area contributed by atoms with Crippen LogP contribution in [0.15, 0.2) is 12.7 Å². The van der Waals surface area contributed by atoms with Crippen molar-refractivity contribution in [3.05, 3.63) is 12.7 Å². The minimum absolute atomic E-state index is 0.0971. The van der Waals surface area contributed by atoms with Crippen LogP contribution in [0.3, 0.4) is 0 Å². The standard InChI is InChI=1S/C18H41NO7P2Si/c1-9-14-19(17-28(21,24-12-4)25-13-5)15-18(26-29(6,7)8)16-27(20,22-10-2)23-11-3/h9,18H,1,10-17H2,2-8H3. The zero-order chi connectivity index (χ0) is 22.6. The molecule has 0 bridgehead atoms. The molecule has 0 rings (SSSR count). The fourth-order valence-electron chi connectivity index (χ4n) is 2.84. The van der Waals surface area contributed by atoms with Gasteiger partial charge >= 0.3 is 15.2 Å². The minimum atomic E-state index is -3.30. The summed E-state index contributed by atoms with van der Waals surface area (Å²) in [5.74, 6) is 0. The molecule has 8 nitrogen and oxygen atoms in total. The first-order valence-corrected chi connectivity index (χ1v) is 17.1. The van der Waals surface area contributed by atoms with E-state index >= 15 is 0 Å². The molecule has 174 valence electrons. The molecule has 0 aliphatic heterocycles. The summed E-state index contributed by atoms with van der Waals surface area (Å²) in [6.45, 7) is 19.1. The molecule has 0 aliphatic rings. The highest BCUT2D eigenvalue weighted by atomic mass is 31.2. The van der Waals surface area contributed by atoms with Crippen LogP contribution in [0, 0.1) is 0 Å². The van der Waals surface area contributed by atoms with Crippen LogP contribution in [0.25, 0.3) is 0 Å². The van der Waals surface area contributed by atoms with Crippen LogP contribution in [-0.4, -0.2) is 71.3 Å². The van der Waals surface area contributed by atoms with Gasteiger partial charge in [0.25, 0.3) is 0 Å². The minimum Gasteiger partial charge on any atom is -0.413 e. The second-order valence-electron chi connectivity index (χ2n) is 7.39. The van der Waals surface area contributed by atoms with Crippen LogP contribution in [0.1, 0.15) is 27.7 Å². The fourth-order valence-corrected chi connectivity index (χ4v) is 7.64. The lowest BCUT2D eigenvalue weighted by Crippen LogP contribution is -2.42. The lowest BCUT2D eigenvalue weighted by Gasteiger charge is -2.33. The Morgan fingerprint density at radius 3 is 1.72 bits per heavy atom. The smallest absolute Gasteiger partial charge is 0.344 e. The normalized spacial score (nSPS) is 14.3. The van der Waals surface area contributed by atoms with Crippen LogP contribution in [0.5, 0.6) is 0 Å². The maximum atomic E-state index is 13.1. The molecule has 0 fully saturated rings. The molecule has 11 heteroatoms. The molecule has 1 unspecified atom stereocenters. The van der Waals surface area contributed by atoms with Crippen molar-refractivity contribution in [3.8, 4) is 0 Å². The van der Waals surface area contributed by atoms with E-state index in [0.717, 1.165) is 0 Å². The highest BCUT2D eigenvalue weighted by Crippen LogP contribution is 2.50. The molecular formula is C18H41NO7P2Si. The fraction of sp³-hybridized carbons (Fsp3) is 0.889. The lowest BCUT2D eigenvalue weighted by atomic mass is 10.3. The van der Waals surface area contributed by atoms with Gasteiger partial charge < -0.3 is 22.5 Å². The van der Waals surface area contributed by atoms with Gasteiger partial charge in [0.2, 0.25) is 0 Å². The third kappa shape index (κ3) is 13.2. The summed E-state index contributed by atoms with van der Waals surface area (Å²) in [4.78, 5) is 1.89. The van der Waals surface area contributed by atoms with Crippen LogP contribution in [-0.2, 0) is 31.7 Å². The molecule has 0 radical (unpaired) electrons. The van der Waals surface area contributed by atoms with Crippen LogP contribution in [0.2, 0.25) is 19.6 Å². The first-order chi connectivity index (χ1) is 13.5. The molecule has 0 saturated heterocycles. The average Bonchev–Trinajstić information content (AvgIpc) is 2.53. The van der Waals surface area contributed by atoms with Crippen molar-refractivity contribution < 1.29 is 31.7 Å². The van der Waals surface area contributed by atoms with E-state index in [1.165, 1.54) is 0 Å². The Morgan fingerprint density at radius 2 is 1.34 bits per heavy atom. The van der Waals surface area contributed by atoms with Crippen LogP contribution in [0.4, 0.5) is 0 Å². The van der Waals surface area contributed by atoms with E-state index in [2.05, 4.69) is 26.2 Å². The van der Waals surface area contributed by atoms with Crippen LogP contribution >= 0.6 is 15.2 Å². The zero-order valence-electron chi connectivity index (χ0n) is 19.2. The van der Waals surface area contributed by atoms with E-state index < -0.39 is 29.6 Å². The topological polar surface area (TPSA) is 83.5 Å². The molecular weight excluding hydrogens is 432 g/mol. The SMILES string of the molecule is C=CCN(CC(CP(=O)(OCC)OCC)O[Si](C)(C)C)CP(=O)(OCC)OCC. The van der Waals surface area contributed by atoms with Gasteiger partial charge in [-0.15, -0.1) is 6.58 Å². The first kappa shape index (κ1) is 29.2. The Bertz CT molecular complexity index is 537. The van der Waals surface area contributed by atoms with E-state index in [4.69, 9.17) is 22.5 Å². The van der Waals surface area contributed by atoms with Gasteiger partial charge in [-0.25, -0.2) is 0 Å². The van der Waals surface area contributed by atoms with E-state index in [1.54, 1.807) is 33.8 Å². The zero-order valence-corrected chi connectivity index (χ0v) is 22.0. The third-order valence-electron chi connectivity index (χ3n) is 3.47. The largest absolute Gasteiger partial charge is 0.413 e. The first-order valence-electron chi connectivity index (χ1n) is 10.2. The summed E-state index contributed by atoms with van der Waals surface area (Å²) in [6.07, 6.45) is 1.53. The van der Waals surface area contributed by atoms with Crippen molar-refractivity contribution in [1.82, 2.24) is 4.90 Å². The second kappa shape index (κ2) is 14.3. The van der Waals surface area contributed by atoms with Crippen molar-refractivity contribution in [2.75, 3.05) is 52.0 Å². The number of rotatable bonds is 18. The molecule has 0 saturated carbocycles. The lowest BCUT2D eigenvalue weighted by molar-refractivity contribution is 0.136. The quantitative estimate of drug-likeness (QED) is 0.153. The predicted molar refractivity (Wildman–Crippen MR) is 121 cm³/mol. The van der Waals surface area contributed by atoms with Crippen molar-refractivity contribution in [2.45, 2.75) is 53.4 Å². The molecule has 0 N–H and O–H groups in total. The number of hydrogen-bond acceptors (Lipinski definition) is 8. The van der Waals surface area contributed by atoms with Crippen molar-refractivity contribution in [3.63, 3.8) is 0 Å². The molecule has 0 amide bonds. The average molecular weight is 474 g/mol. The summed E-state index contributed by atoms with van der Waals surface area (Å²) in [7, 11) is -8.55. The molecule has 0 heterocycles. The summed E-state index contributed by atoms with van der Waals surface area (Å²) in [6, 6.07) is 0. The number of hydrogen-bond donors (Lipinski definition) is 0. The second-order valence-corrected chi connectivity index (χ2v) is 16.0. The molecule has 29 heavy (non-hydrogen) atoms. The van der Waals surface area contributed by atoms with Crippen molar-refractivity contribution in [2.24, 2.45) is 0 Å². The molecule has 0 aromatic heterocycles.